The highest BCUT2D eigenvalue weighted by molar-refractivity contribution is 5.95. The second-order valence-electron chi connectivity index (χ2n) is 8.05. The van der Waals surface area contributed by atoms with Crippen molar-refractivity contribution >= 4 is 23.4 Å². The van der Waals surface area contributed by atoms with Crippen LogP contribution in [0.25, 0.3) is 0 Å². The molecule has 0 aromatic heterocycles. The predicted octanol–water partition coefficient (Wildman–Crippen LogP) is 3.75. The van der Waals surface area contributed by atoms with Crippen molar-refractivity contribution in [2.75, 3.05) is 25.0 Å². The van der Waals surface area contributed by atoms with Crippen LogP contribution in [0, 0.1) is 18.8 Å². The molecule has 29 heavy (non-hydrogen) atoms. The number of aryl methyl sites for hydroxylation is 1. The molecule has 0 saturated heterocycles. The summed E-state index contributed by atoms with van der Waals surface area (Å²) in [5.74, 6) is -0.359. The first-order chi connectivity index (χ1) is 13.8. The fourth-order valence-electron chi connectivity index (χ4n) is 3.13. The summed E-state index contributed by atoms with van der Waals surface area (Å²) < 4.78 is 0. The van der Waals surface area contributed by atoms with Gasteiger partial charge in [-0.3, -0.25) is 14.4 Å². The standard InChI is InChI=1S/C23H37N3O3/c1-6-8-9-19(7-2)23(29)26(15-17(3)4)16-22(28)24-14-21(27)25-20-12-10-18(5)11-13-20/h10-13,17,19H,6-9,14-16H2,1-5H3,(H,24,28)(H,25,27). The summed E-state index contributed by atoms with van der Waals surface area (Å²) in [5.41, 5.74) is 1.80. The van der Waals surface area contributed by atoms with Gasteiger partial charge in [0.2, 0.25) is 17.7 Å². The minimum Gasteiger partial charge on any atom is -0.345 e. The Balaban J connectivity index is 2.59. The normalized spacial score (nSPS) is 11.8. The molecule has 1 atom stereocenters. The lowest BCUT2D eigenvalue weighted by atomic mass is 9.97. The molecule has 0 bridgehead atoms. The maximum atomic E-state index is 12.9. The van der Waals surface area contributed by atoms with E-state index in [1.807, 2.05) is 52.0 Å². The molecule has 1 rings (SSSR count). The monoisotopic (exact) mass is 403 g/mol. The number of hydrogen-bond acceptors (Lipinski definition) is 3. The molecule has 0 heterocycles. The largest absolute Gasteiger partial charge is 0.345 e. The van der Waals surface area contributed by atoms with Crippen LogP contribution in [-0.4, -0.2) is 42.3 Å². The summed E-state index contributed by atoms with van der Waals surface area (Å²) in [6.45, 7) is 10.5. The van der Waals surface area contributed by atoms with Crippen molar-refractivity contribution < 1.29 is 14.4 Å². The Morgan fingerprint density at radius 1 is 1.03 bits per heavy atom. The van der Waals surface area contributed by atoms with Crippen molar-refractivity contribution in [3.05, 3.63) is 29.8 Å². The van der Waals surface area contributed by atoms with Crippen molar-refractivity contribution in [2.24, 2.45) is 11.8 Å². The molecule has 0 spiro atoms. The number of nitrogens with zero attached hydrogens (tertiary/aromatic N) is 1. The van der Waals surface area contributed by atoms with Gasteiger partial charge >= 0.3 is 0 Å². The topological polar surface area (TPSA) is 78.5 Å². The maximum absolute atomic E-state index is 12.9. The van der Waals surface area contributed by atoms with Crippen LogP contribution >= 0.6 is 0 Å². The molecule has 0 saturated carbocycles. The van der Waals surface area contributed by atoms with Gasteiger partial charge in [-0.25, -0.2) is 0 Å². The first-order valence-corrected chi connectivity index (χ1v) is 10.7. The fourth-order valence-corrected chi connectivity index (χ4v) is 3.13. The summed E-state index contributed by atoms with van der Waals surface area (Å²) in [7, 11) is 0. The summed E-state index contributed by atoms with van der Waals surface area (Å²) in [6.07, 6.45) is 3.67. The molecule has 3 amide bonds. The Labute approximate surface area is 175 Å². The molecule has 6 nitrogen and oxygen atoms in total. The highest BCUT2D eigenvalue weighted by Gasteiger charge is 2.25. The van der Waals surface area contributed by atoms with Crippen molar-refractivity contribution in [3.63, 3.8) is 0 Å². The van der Waals surface area contributed by atoms with E-state index in [0.717, 1.165) is 31.2 Å². The Kier molecular flexibility index (Phi) is 11.0. The average Bonchev–Trinajstić information content (AvgIpc) is 2.67. The van der Waals surface area contributed by atoms with Gasteiger partial charge in [-0.15, -0.1) is 0 Å². The van der Waals surface area contributed by atoms with E-state index in [4.69, 9.17) is 0 Å². The number of amides is 3. The molecule has 1 unspecified atom stereocenters. The number of rotatable bonds is 12. The average molecular weight is 404 g/mol. The van der Waals surface area contributed by atoms with E-state index < -0.39 is 0 Å². The zero-order valence-electron chi connectivity index (χ0n) is 18.6. The van der Waals surface area contributed by atoms with Crippen LogP contribution in [0.3, 0.4) is 0 Å². The zero-order chi connectivity index (χ0) is 21.8. The number of carbonyl (C=O) groups is 3. The van der Waals surface area contributed by atoms with Crippen LogP contribution in [0.2, 0.25) is 0 Å². The van der Waals surface area contributed by atoms with E-state index in [2.05, 4.69) is 17.6 Å². The Bertz CT molecular complexity index is 656. The van der Waals surface area contributed by atoms with E-state index in [-0.39, 0.29) is 42.6 Å². The molecule has 0 aliphatic heterocycles. The summed E-state index contributed by atoms with van der Waals surface area (Å²) in [6, 6.07) is 7.46. The van der Waals surface area contributed by atoms with Gasteiger partial charge in [0.1, 0.15) is 0 Å². The SMILES string of the molecule is CCCCC(CC)C(=O)N(CC(=O)NCC(=O)Nc1ccc(C)cc1)CC(C)C. The van der Waals surface area contributed by atoms with Gasteiger partial charge in [-0.2, -0.15) is 0 Å². The molecule has 162 valence electrons. The van der Waals surface area contributed by atoms with Crippen LogP contribution < -0.4 is 10.6 Å². The van der Waals surface area contributed by atoms with E-state index in [1.165, 1.54) is 0 Å². The first kappa shape index (κ1) is 24.7. The molecule has 2 N–H and O–H groups in total. The smallest absolute Gasteiger partial charge is 0.243 e. The van der Waals surface area contributed by atoms with Crippen LogP contribution in [0.1, 0.15) is 58.9 Å². The van der Waals surface area contributed by atoms with E-state index in [0.29, 0.717) is 12.2 Å². The lowest BCUT2D eigenvalue weighted by Crippen LogP contribution is -2.46. The third-order valence-electron chi connectivity index (χ3n) is 4.76. The molecule has 0 fully saturated rings. The van der Waals surface area contributed by atoms with Gasteiger partial charge in [0.25, 0.3) is 0 Å². The van der Waals surface area contributed by atoms with E-state index >= 15 is 0 Å². The van der Waals surface area contributed by atoms with Gasteiger partial charge < -0.3 is 15.5 Å². The minimum absolute atomic E-state index is 0.0164. The second-order valence-corrected chi connectivity index (χ2v) is 8.05. The number of nitrogens with one attached hydrogen (secondary N) is 2. The highest BCUT2D eigenvalue weighted by Crippen LogP contribution is 2.17. The van der Waals surface area contributed by atoms with Crippen LogP contribution in [0.5, 0.6) is 0 Å². The van der Waals surface area contributed by atoms with E-state index in [1.54, 1.807) is 4.90 Å². The van der Waals surface area contributed by atoms with Gasteiger partial charge in [-0.05, 0) is 37.8 Å². The molecule has 0 aliphatic carbocycles. The molecular weight excluding hydrogens is 366 g/mol. The summed E-state index contributed by atoms with van der Waals surface area (Å²) in [4.78, 5) is 39.0. The summed E-state index contributed by atoms with van der Waals surface area (Å²) >= 11 is 0. The van der Waals surface area contributed by atoms with Crippen molar-refractivity contribution in [1.29, 1.82) is 0 Å². The molecule has 1 aromatic rings. The van der Waals surface area contributed by atoms with Crippen LogP contribution in [-0.2, 0) is 14.4 Å². The number of anilines is 1. The maximum Gasteiger partial charge on any atom is 0.243 e. The molecular formula is C23H37N3O3. The molecule has 6 heteroatoms. The molecule has 1 aromatic carbocycles. The number of unbranched alkanes of at least 4 members (excludes halogenated alkanes) is 1. The van der Waals surface area contributed by atoms with Crippen molar-refractivity contribution in [3.8, 4) is 0 Å². The minimum atomic E-state index is -0.316. The highest BCUT2D eigenvalue weighted by atomic mass is 16.2. The summed E-state index contributed by atoms with van der Waals surface area (Å²) in [5, 5.41) is 5.38. The fraction of sp³-hybridized carbons (Fsp3) is 0.609. The quantitative estimate of drug-likeness (QED) is 0.558. The number of benzene rings is 1. The number of carbonyl (C=O) groups excluding carboxylic acids is 3. The first-order valence-electron chi connectivity index (χ1n) is 10.7. The molecule has 0 radical (unpaired) electrons. The van der Waals surface area contributed by atoms with Gasteiger partial charge in [0, 0.05) is 18.2 Å². The van der Waals surface area contributed by atoms with Crippen LogP contribution in [0.15, 0.2) is 24.3 Å². The van der Waals surface area contributed by atoms with E-state index in [9.17, 15) is 14.4 Å². The Morgan fingerprint density at radius 3 is 2.24 bits per heavy atom. The molecule has 0 aliphatic rings. The third-order valence-corrected chi connectivity index (χ3v) is 4.76. The van der Waals surface area contributed by atoms with Crippen LogP contribution in [0.4, 0.5) is 5.69 Å². The zero-order valence-corrected chi connectivity index (χ0v) is 18.6. The lowest BCUT2D eigenvalue weighted by Gasteiger charge is -2.28. The number of hydrogen-bond donors (Lipinski definition) is 2. The third kappa shape index (κ3) is 9.59. The second kappa shape index (κ2) is 13.0. The van der Waals surface area contributed by atoms with Gasteiger partial charge in [-0.1, -0.05) is 58.2 Å². The predicted molar refractivity (Wildman–Crippen MR) is 118 cm³/mol. The van der Waals surface area contributed by atoms with Crippen molar-refractivity contribution in [2.45, 2.75) is 60.3 Å². The Morgan fingerprint density at radius 2 is 1.69 bits per heavy atom. The lowest BCUT2D eigenvalue weighted by molar-refractivity contribution is -0.140. The van der Waals surface area contributed by atoms with Gasteiger partial charge in [0.05, 0.1) is 13.1 Å². The Hall–Kier alpha value is -2.37. The van der Waals surface area contributed by atoms with Gasteiger partial charge in [0.15, 0.2) is 0 Å². The van der Waals surface area contributed by atoms with Crippen molar-refractivity contribution in [1.82, 2.24) is 10.2 Å².